The van der Waals surface area contributed by atoms with Gasteiger partial charge in [-0.05, 0) is 57.3 Å². The van der Waals surface area contributed by atoms with Crippen LogP contribution in [0.25, 0.3) is 0 Å². The van der Waals surface area contributed by atoms with Crippen LogP contribution in [-0.2, 0) is 0 Å². The first kappa shape index (κ1) is 13.0. The fraction of sp³-hybridized carbons (Fsp3) is 0.556. The Morgan fingerprint density at radius 3 is 2.64 bits per heavy atom. The van der Waals surface area contributed by atoms with E-state index in [1.165, 1.54) is 32.4 Å². The largest absolute Gasteiger partial charge is 0.309 e. The highest BCUT2D eigenvalue weighted by Gasteiger charge is 2.17. The van der Waals surface area contributed by atoms with E-state index < -0.39 is 0 Å². The highest BCUT2D eigenvalue weighted by Crippen LogP contribution is 2.37. The predicted octanol–water partition coefficient (Wildman–Crippen LogP) is 4.51. The summed E-state index contributed by atoms with van der Waals surface area (Å²) in [6.07, 6.45) is 3.95. The van der Waals surface area contributed by atoms with E-state index in [1.54, 1.807) is 0 Å². The van der Waals surface area contributed by atoms with Crippen LogP contribution >= 0.6 is 55.6 Å². The molecule has 0 aromatic carbocycles. The van der Waals surface area contributed by atoms with Gasteiger partial charge in [0.1, 0.15) is 0 Å². The molecule has 1 aromatic rings. The van der Waals surface area contributed by atoms with Gasteiger partial charge in [0.05, 0.1) is 3.79 Å². The van der Waals surface area contributed by atoms with Crippen LogP contribution in [0.5, 0.6) is 0 Å². The Hall–Kier alpha value is 0.910. The van der Waals surface area contributed by atoms with E-state index in [2.05, 4.69) is 43.2 Å². The van der Waals surface area contributed by atoms with E-state index >= 15 is 0 Å². The van der Waals surface area contributed by atoms with Crippen molar-refractivity contribution in [2.45, 2.75) is 25.3 Å². The van der Waals surface area contributed by atoms with Crippen LogP contribution in [0.4, 0.5) is 0 Å². The smallest absolute Gasteiger partial charge is 0.0843 e. The number of hydrogen-bond acceptors (Lipinski definition) is 2. The van der Waals surface area contributed by atoms with Crippen molar-refractivity contribution in [2.75, 3.05) is 6.54 Å². The molecule has 1 saturated heterocycles. The molecule has 0 unspecified atom stereocenters. The van der Waals surface area contributed by atoms with Crippen molar-refractivity contribution in [3.05, 3.63) is 19.2 Å². The summed E-state index contributed by atoms with van der Waals surface area (Å²) in [5.41, 5.74) is 0. The lowest BCUT2D eigenvalue weighted by molar-refractivity contribution is 0.417. The van der Waals surface area contributed by atoms with Crippen LogP contribution in [0.15, 0.2) is 14.3 Å². The third kappa shape index (κ3) is 2.95. The molecule has 0 spiro atoms. The van der Waals surface area contributed by atoms with Gasteiger partial charge in [0, 0.05) is 15.4 Å². The fourth-order valence-electron chi connectivity index (χ4n) is 1.63. The van der Waals surface area contributed by atoms with Gasteiger partial charge in [-0.1, -0.05) is 6.42 Å². The maximum absolute atomic E-state index is 3.54. The van der Waals surface area contributed by atoms with Crippen molar-refractivity contribution in [3.63, 3.8) is 0 Å². The molecule has 0 amide bonds. The van der Waals surface area contributed by atoms with Crippen LogP contribution in [0.3, 0.4) is 0 Å². The molecule has 0 bridgehead atoms. The molecule has 2 rings (SSSR count). The first-order valence-electron chi connectivity index (χ1n) is 4.45. The molecule has 1 N–H and O–H groups in total. The van der Waals surface area contributed by atoms with Crippen molar-refractivity contribution in [1.82, 2.24) is 5.32 Å². The monoisotopic (exact) mass is 359 g/mol. The van der Waals surface area contributed by atoms with Gasteiger partial charge < -0.3 is 5.32 Å². The Kier molecular flexibility index (Phi) is 5.42. The molecule has 14 heavy (non-hydrogen) atoms. The van der Waals surface area contributed by atoms with E-state index in [0.29, 0.717) is 6.04 Å². The Labute approximate surface area is 111 Å². The minimum Gasteiger partial charge on any atom is -0.309 e. The maximum atomic E-state index is 3.54. The van der Waals surface area contributed by atoms with Gasteiger partial charge in [-0.2, -0.15) is 0 Å². The highest BCUT2D eigenvalue weighted by atomic mass is 79.9. The van der Waals surface area contributed by atoms with Crippen LogP contribution in [0, 0.1) is 0 Å². The summed E-state index contributed by atoms with van der Waals surface area (Å²) in [7, 11) is 0. The van der Waals surface area contributed by atoms with Gasteiger partial charge in [-0.15, -0.1) is 23.7 Å². The standard InChI is InChI=1S/C9H11Br2NS.ClH/c10-6-5-8(13-9(6)11)7-3-1-2-4-12-7;/h5,7,12H,1-4H2;1H/t7-;/m0./s1. The fourth-order valence-corrected chi connectivity index (χ4v) is 3.83. The summed E-state index contributed by atoms with van der Waals surface area (Å²) in [6, 6.07) is 2.80. The number of rotatable bonds is 1. The van der Waals surface area contributed by atoms with Gasteiger partial charge >= 0.3 is 0 Å². The molecule has 1 aliphatic rings. The van der Waals surface area contributed by atoms with Gasteiger partial charge in [0.25, 0.3) is 0 Å². The molecule has 1 aliphatic heterocycles. The number of nitrogens with one attached hydrogen (secondary N) is 1. The lowest BCUT2D eigenvalue weighted by Crippen LogP contribution is -2.25. The topological polar surface area (TPSA) is 12.0 Å². The summed E-state index contributed by atoms with van der Waals surface area (Å²) in [6.45, 7) is 1.16. The molecular weight excluding hydrogens is 349 g/mol. The molecule has 0 saturated carbocycles. The Balaban J connectivity index is 0.000000980. The molecule has 1 aromatic heterocycles. The van der Waals surface area contributed by atoms with Gasteiger partial charge in [0.15, 0.2) is 0 Å². The second-order valence-corrected chi connectivity index (χ2v) is 6.53. The minimum absolute atomic E-state index is 0. The van der Waals surface area contributed by atoms with E-state index in [-0.39, 0.29) is 12.4 Å². The predicted molar refractivity (Wildman–Crippen MR) is 71.6 cm³/mol. The first-order valence-corrected chi connectivity index (χ1v) is 6.86. The Morgan fingerprint density at radius 1 is 1.36 bits per heavy atom. The van der Waals surface area contributed by atoms with Crippen molar-refractivity contribution in [1.29, 1.82) is 0 Å². The summed E-state index contributed by atoms with van der Waals surface area (Å²) in [5.74, 6) is 0. The summed E-state index contributed by atoms with van der Waals surface area (Å²) < 4.78 is 2.38. The second-order valence-electron chi connectivity index (χ2n) is 3.27. The molecule has 80 valence electrons. The van der Waals surface area contributed by atoms with Crippen molar-refractivity contribution >= 4 is 55.6 Å². The van der Waals surface area contributed by atoms with Crippen molar-refractivity contribution < 1.29 is 0 Å². The van der Waals surface area contributed by atoms with E-state index in [9.17, 15) is 0 Å². The third-order valence-electron chi connectivity index (χ3n) is 2.32. The summed E-state index contributed by atoms with van der Waals surface area (Å²) in [4.78, 5) is 1.44. The highest BCUT2D eigenvalue weighted by molar-refractivity contribution is 9.13. The molecule has 1 atom stereocenters. The van der Waals surface area contributed by atoms with E-state index in [4.69, 9.17) is 0 Å². The maximum Gasteiger partial charge on any atom is 0.0843 e. The molecule has 5 heteroatoms. The van der Waals surface area contributed by atoms with Crippen molar-refractivity contribution in [2.24, 2.45) is 0 Å². The van der Waals surface area contributed by atoms with Crippen molar-refractivity contribution in [3.8, 4) is 0 Å². The lowest BCUT2D eigenvalue weighted by Gasteiger charge is -2.21. The number of hydrogen-bond donors (Lipinski definition) is 1. The average molecular weight is 362 g/mol. The van der Waals surface area contributed by atoms with Crippen LogP contribution in [0.2, 0.25) is 0 Å². The van der Waals surface area contributed by atoms with Crippen LogP contribution in [0.1, 0.15) is 30.2 Å². The summed E-state index contributed by atoms with van der Waals surface area (Å²) >= 11 is 8.87. The molecule has 1 fully saturated rings. The van der Waals surface area contributed by atoms with Crippen LogP contribution in [-0.4, -0.2) is 6.54 Å². The minimum atomic E-state index is 0. The average Bonchev–Trinajstić information content (AvgIpc) is 2.49. The third-order valence-corrected chi connectivity index (χ3v) is 5.69. The zero-order valence-electron chi connectivity index (χ0n) is 7.56. The van der Waals surface area contributed by atoms with Gasteiger partial charge in [-0.25, -0.2) is 0 Å². The van der Waals surface area contributed by atoms with E-state index in [1.807, 2.05) is 11.3 Å². The summed E-state index contributed by atoms with van der Waals surface area (Å²) in [5, 5.41) is 3.54. The molecule has 1 nitrogen and oxygen atoms in total. The van der Waals surface area contributed by atoms with Gasteiger partial charge in [-0.3, -0.25) is 0 Å². The van der Waals surface area contributed by atoms with E-state index in [0.717, 1.165) is 6.54 Å². The second kappa shape index (κ2) is 5.85. The lowest BCUT2D eigenvalue weighted by atomic mass is 10.0. The zero-order chi connectivity index (χ0) is 9.26. The number of piperidine rings is 1. The quantitative estimate of drug-likeness (QED) is 0.776. The van der Waals surface area contributed by atoms with Gasteiger partial charge in [0.2, 0.25) is 0 Å². The first-order chi connectivity index (χ1) is 6.27. The normalized spacial score (nSPS) is 21.7. The Bertz CT molecular complexity index is 278. The number of thiophene rings is 1. The number of halogens is 3. The Morgan fingerprint density at radius 2 is 2.14 bits per heavy atom. The SMILES string of the molecule is Brc1cc([C@@H]2CCCCN2)sc1Br.Cl. The molecule has 2 heterocycles. The van der Waals surface area contributed by atoms with Crippen LogP contribution < -0.4 is 5.32 Å². The molecule has 0 aliphatic carbocycles. The molecular formula is C9H12Br2ClNS. The molecule has 0 radical (unpaired) electrons. The zero-order valence-corrected chi connectivity index (χ0v) is 12.4.